The molecule has 3 rings (SSSR count). The number of aromatic nitrogens is 2. The molecule has 110 valence electrons. The van der Waals surface area contributed by atoms with Gasteiger partial charge in [-0.05, 0) is 33.0 Å². The maximum absolute atomic E-state index is 6.07. The summed E-state index contributed by atoms with van der Waals surface area (Å²) >= 11 is 1.80. The Labute approximate surface area is 129 Å². The summed E-state index contributed by atoms with van der Waals surface area (Å²) in [5.74, 6) is 2.56. The summed E-state index contributed by atoms with van der Waals surface area (Å²) in [6, 6.07) is 8.12. The van der Waals surface area contributed by atoms with E-state index in [9.17, 15) is 0 Å². The molecule has 1 aromatic heterocycles. The largest absolute Gasteiger partial charge is 0.480 e. The SMILES string of the molecule is CNCc1c(C)nc(C2CSc3ccccc3O2)nc1C. The molecule has 0 spiro atoms. The maximum atomic E-state index is 6.07. The van der Waals surface area contributed by atoms with E-state index in [0.29, 0.717) is 0 Å². The molecule has 1 atom stereocenters. The highest BCUT2D eigenvalue weighted by atomic mass is 32.2. The van der Waals surface area contributed by atoms with E-state index in [0.717, 1.165) is 35.3 Å². The Kier molecular flexibility index (Phi) is 4.12. The van der Waals surface area contributed by atoms with Gasteiger partial charge in [0.1, 0.15) is 5.75 Å². The fourth-order valence-electron chi connectivity index (χ4n) is 2.49. The van der Waals surface area contributed by atoms with Crippen molar-refractivity contribution in [2.75, 3.05) is 12.8 Å². The topological polar surface area (TPSA) is 47.0 Å². The first kappa shape index (κ1) is 14.4. The predicted octanol–water partition coefficient (Wildman–Crippen LogP) is 3.04. The summed E-state index contributed by atoms with van der Waals surface area (Å²) < 4.78 is 6.07. The van der Waals surface area contributed by atoms with Gasteiger partial charge in [0.25, 0.3) is 0 Å². The number of hydrogen-bond acceptors (Lipinski definition) is 5. The van der Waals surface area contributed by atoms with Crippen molar-refractivity contribution in [3.63, 3.8) is 0 Å². The molecular weight excluding hydrogens is 282 g/mol. The van der Waals surface area contributed by atoms with Crippen molar-refractivity contribution in [1.29, 1.82) is 0 Å². The number of rotatable bonds is 3. The van der Waals surface area contributed by atoms with E-state index < -0.39 is 0 Å². The first-order chi connectivity index (χ1) is 10.2. The van der Waals surface area contributed by atoms with Gasteiger partial charge < -0.3 is 10.1 Å². The van der Waals surface area contributed by atoms with Crippen LogP contribution < -0.4 is 10.1 Å². The number of nitrogens with one attached hydrogen (secondary N) is 1. The molecule has 21 heavy (non-hydrogen) atoms. The smallest absolute Gasteiger partial charge is 0.170 e. The standard InChI is InChI=1S/C16H19N3OS/c1-10-12(8-17-3)11(2)19-16(18-10)14-9-21-15-7-5-4-6-13(15)20-14/h4-7,14,17H,8-9H2,1-3H3. The Bertz CT molecular complexity index is 637. The molecule has 0 saturated carbocycles. The molecule has 0 fully saturated rings. The number of nitrogens with zero attached hydrogens (tertiary/aromatic N) is 2. The van der Waals surface area contributed by atoms with Gasteiger partial charge in [-0.25, -0.2) is 9.97 Å². The Hall–Kier alpha value is -1.59. The van der Waals surface area contributed by atoms with E-state index in [-0.39, 0.29) is 6.10 Å². The molecule has 1 aliphatic rings. The minimum Gasteiger partial charge on any atom is -0.480 e. The summed E-state index contributed by atoms with van der Waals surface area (Å²) in [6.07, 6.45) is -0.0778. The summed E-state index contributed by atoms with van der Waals surface area (Å²) in [5.41, 5.74) is 3.23. The fourth-order valence-corrected chi connectivity index (χ4v) is 3.47. The zero-order valence-electron chi connectivity index (χ0n) is 12.5. The zero-order chi connectivity index (χ0) is 14.8. The van der Waals surface area contributed by atoms with E-state index in [1.165, 1.54) is 10.5 Å². The van der Waals surface area contributed by atoms with Crippen LogP contribution in [0.5, 0.6) is 5.75 Å². The van der Waals surface area contributed by atoms with Crippen LogP contribution in [0.2, 0.25) is 0 Å². The van der Waals surface area contributed by atoms with Gasteiger partial charge in [-0.3, -0.25) is 0 Å². The minimum atomic E-state index is -0.0778. The van der Waals surface area contributed by atoms with E-state index in [2.05, 4.69) is 21.4 Å². The second-order valence-electron chi connectivity index (χ2n) is 5.13. The van der Waals surface area contributed by atoms with Gasteiger partial charge in [0, 0.05) is 34.1 Å². The van der Waals surface area contributed by atoms with Crippen molar-refractivity contribution in [1.82, 2.24) is 15.3 Å². The van der Waals surface area contributed by atoms with Crippen LogP contribution in [-0.2, 0) is 6.54 Å². The van der Waals surface area contributed by atoms with Crippen LogP contribution in [0.3, 0.4) is 0 Å². The van der Waals surface area contributed by atoms with Crippen LogP contribution in [0.1, 0.15) is 28.9 Å². The number of fused-ring (bicyclic) bond motifs is 1. The predicted molar refractivity (Wildman–Crippen MR) is 84.8 cm³/mol. The van der Waals surface area contributed by atoms with Gasteiger partial charge in [0.15, 0.2) is 11.9 Å². The Morgan fingerprint density at radius 1 is 1.24 bits per heavy atom. The number of benzene rings is 1. The second-order valence-corrected chi connectivity index (χ2v) is 6.19. The number of hydrogen-bond donors (Lipinski definition) is 1. The quantitative estimate of drug-likeness (QED) is 0.944. The molecule has 5 heteroatoms. The van der Waals surface area contributed by atoms with Gasteiger partial charge >= 0.3 is 0 Å². The molecule has 2 heterocycles. The van der Waals surface area contributed by atoms with Crippen LogP contribution in [0.4, 0.5) is 0 Å². The molecule has 0 radical (unpaired) electrons. The lowest BCUT2D eigenvalue weighted by Gasteiger charge is -2.25. The highest BCUT2D eigenvalue weighted by Gasteiger charge is 2.25. The van der Waals surface area contributed by atoms with E-state index in [4.69, 9.17) is 4.74 Å². The third kappa shape index (κ3) is 2.89. The van der Waals surface area contributed by atoms with Crippen LogP contribution >= 0.6 is 11.8 Å². The summed E-state index contributed by atoms with van der Waals surface area (Å²) in [4.78, 5) is 10.5. The third-order valence-corrected chi connectivity index (χ3v) is 4.71. The summed E-state index contributed by atoms with van der Waals surface area (Å²) in [5, 5.41) is 3.16. The van der Waals surface area contributed by atoms with Crippen LogP contribution in [0.25, 0.3) is 0 Å². The van der Waals surface area contributed by atoms with E-state index >= 15 is 0 Å². The number of aryl methyl sites for hydroxylation is 2. The summed E-state index contributed by atoms with van der Waals surface area (Å²) in [6.45, 7) is 4.87. The third-order valence-electron chi connectivity index (χ3n) is 3.59. The van der Waals surface area contributed by atoms with Crippen molar-refractivity contribution < 1.29 is 4.74 Å². The van der Waals surface area contributed by atoms with Crippen molar-refractivity contribution in [3.8, 4) is 5.75 Å². The normalized spacial score (nSPS) is 17.2. The minimum absolute atomic E-state index is 0.0778. The van der Waals surface area contributed by atoms with Crippen molar-refractivity contribution in [2.45, 2.75) is 31.4 Å². The molecular formula is C16H19N3OS. The van der Waals surface area contributed by atoms with Crippen LogP contribution in [-0.4, -0.2) is 22.8 Å². The van der Waals surface area contributed by atoms with Gasteiger partial charge in [-0.1, -0.05) is 12.1 Å². The first-order valence-corrected chi connectivity index (χ1v) is 8.04. The molecule has 1 unspecified atom stereocenters. The molecule has 0 saturated heterocycles. The lowest BCUT2D eigenvalue weighted by molar-refractivity contribution is 0.209. The molecule has 4 nitrogen and oxygen atoms in total. The van der Waals surface area contributed by atoms with E-state index in [1.807, 2.05) is 39.1 Å². The van der Waals surface area contributed by atoms with Crippen LogP contribution in [0, 0.1) is 13.8 Å². The molecule has 1 aromatic carbocycles. The zero-order valence-corrected chi connectivity index (χ0v) is 13.3. The van der Waals surface area contributed by atoms with E-state index in [1.54, 1.807) is 11.8 Å². The highest BCUT2D eigenvalue weighted by molar-refractivity contribution is 7.99. The second kappa shape index (κ2) is 6.03. The van der Waals surface area contributed by atoms with Gasteiger partial charge in [0.05, 0.1) is 0 Å². The Morgan fingerprint density at radius 3 is 2.67 bits per heavy atom. The Balaban J connectivity index is 1.89. The molecule has 0 bridgehead atoms. The van der Waals surface area contributed by atoms with Gasteiger partial charge in [-0.15, -0.1) is 11.8 Å². The average molecular weight is 301 g/mol. The maximum Gasteiger partial charge on any atom is 0.170 e. The van der Waals surface area contributed by atoms with Crippen molar-refractivity contribution in [3.05, 3.63) is 47.0 Å². The number of para-hydroxylation sites is 1. The first-order valence-electron chi connectivity index (χ1n) is 7.06. The van der Waals surface area contributed by atoms with Gasteiger partial charge in [-0.2, -0.15) is 0 Å². The number of thioether (sulfide) groups is 1. The molecule has 0 aliphatic carbocycles. The average Bonchev–Trinajstić information content (AvgIpc) is 2.50. The molecule has 2 aromatic rings. The molecule has 1 aliphatic heterocycles. The highest BCUT2D eigenvalue weighted by Crippen LogP contribution is 2.39. The lowest BCUT2D eigenvalue weighted by Crippen LogP contribution is -2.20. The monoisotopic (exact) mass is 301 g/mol. The van der Waals surface area contributed by atoms with Gasteiger partial charge in [0.2, 0.25) is 0 Å². The molecule has 0 amide bonds. The molecule has 1 N–H and O–H groups in total. The van der Waals surface area contributed by atoms with Crippen molar-refractivity contribution >= 4 is 11.8 Å². The lowest BCUT2D eigenvalue weighted by atomic mass is 10.1. The van der Waals surface area contributed by atoms with Crippen molar-refractivity contribution in [2.24, 2.45) is 0 Å². The number of ether oxygens (including phenoxy) is 1. The van der Waals surface area contributed by atoms with Crippen LogP contribution in [0.15, 0.2) is 29.2 Å². The summed E-state index contributed by atoms with van der Waals surface area (Å²) in [7, 11) is 1.94. The Morgan fingerprint density at radius 2 is 1.95 bits per heavy atom. The fraction of sp³-hybridized carbons (Fsp3) is 0.375.